The van der Waals surface area contributed by atoms with Gasteiger partial charge >= 0.3 is 0 Å². The maximum Gasteiger partial charge on any atom is 0.131 e. The van der Waals surface area contributed by atoms with Crippen LogP contribution < -0.4 is 10.2 Å². The van der Waals surface area contributed by atoms with Gasteiger partial charge in [-0.2, -0.15) is 0 Å². The lowest BCUT2D eigenvalue weighted by Crippen LogP contribution is -2.41. The molecule has 0 bridgehead atoms. The van der Waals surface area contributed by atoms with Crippen LogP contribution in [-0.4, -0.2) is 35.6 Å². The standard InChI is InChI=1S/C14H24N4/c1-3-9-16-12-4-6-13(7-5-12)18(2)14-8-10-15-11-17-14/h8,10-13,16H,3-7,9H2,1-2H3. The van der Waals surface area contributed by atoms with E-state index in [9.17, 15) is 0 Å². The number of nitrogens with one attached hydrogen (secondary N) is 1. The molecule has 1 saturated carbocycles. The summed E-state index contributed by atoms with van der Waals surface area (Å²) >= 11 is 0. The summed E-state index contributed by atoms with van der Waals surface area (Å²) in [4.78, 5) is 10.6. The average molecular weight is 248 g/mol. The van der Waals surface area contributed by atoms with Gasteiger partial charge in [-0.25, -0.2) is 9.97 Å². The summed E-state index contributed by atoms with van der Waals surface area (Å²) in [6.45, 7) is 3.37. The van der Waals surface area contributed by atoms with Gasteiger partial charge in [-0.1, -0.05) is 6.92 Å². The Balaban J connectivity index is 1.82. The summed E-state index contributed by atoms with van der Waals surface area (Å²) < 4.78 is 0. The third kappa shape index (κ3) is 3.42. The molecule has 4 nitrogen and oxygen atoms in total. The highest BCUT2D eigenvalue weighted by Crippen LogP contribution is 2.25. The first kappa shape index (κ1) is 13.3. The van der Waals surface area contributed by atoms with Crippen LogP contribution in [0.2, 0.25) is 0 Å². The Morgan fingerprint density at radius 2 is 2.11 bits per heavy atom. The summed E-state index contributed by atoms with van der Waals surface area (Å²) in [5.41, 5.74) is 0. The van der Waals surface area contributed by atoms with Crippen LogP contribution in [0.15, 0.2) is 18.6 Å². The van der Waals surface area contributed by atoms with E-state index < -0.39 is 0 Å². The number of hydrogen-bond donors (Lipinski definition) is 1. The highest BCUT2D eigenvalue weighted by Gasteiger charge is 2.24. The molecule has 0 unspecified atom stereocenters. The van der Waals surface area contributed by atoms with E-state index in [0.29, 0.717) is 6.04 Å². The van der Waals surface area contributed by atoms with Crippen molar-refractivity contribution in [2.75, 3.05) is 18.5 Å². The third-order valence-electron chi connectivity index (χ3n) is 3.86. The van der Waals surface area contributed by atoms with Crippen LogP contribution in [0.1, 0.15) is 39.0 Å². The van der Waals surface area contributed by atoms with Gasteiger partial charge in [0.2, 0.25) is 0 Å². The SMILES string of the molecule is CCCNC1CCC(N(C)c2ccncn2)CC1. The number of anilines is 1. The molecule has 1 heterocycles. The second kappa shape index (κ2) is 6.69. The molecule has 1 fully saturated rings. The first-order chi connectivity index (χ1) is 8.81. The van der Waals surface area contributed by atoms with Crippen molar-refractivity contribution in [2.45, 2.75) is 51.1 Å². The smallest absolute Gasteiger partial charge is 0.131 e. The summed E-state index contributed by atoms with van der Waals surface area (Å²) in [6.07, 6.45) is 9.72. The van der Waals surface area contributed by atoms with Gasteiger partial charge < -0.3 is 10.2 Å². The molecule has 100 valence electrons. The summed E-state index contributed by atoms with van der Waals surface area (Å²) in [5.74, 6) is 1.04. The second-order valence-electron chi connectivity index (χ2n) is 5.14. The molecular weight excluding hydrogens is 224 g/mol. The maximum absolute atomic E-state index is 4.32. The van der Waals surface area contributed by atoms with Crippen LogP contribution in [0, 0.1) is 0 Å². The van der Waals surface area contributed by atoms with E-state index in [-0.39, 0.29) is 0 Å². The summed E-state index contributed by atoms with van der Waals surface area (Å²) in [6, 6.07) is 3.33. The van der Waals surface area contributed by atoms with Crippen molar-refractivity contribution in [3.8, 4) is 0 Å². The summed E-state index contributed by atoms with van der Waals surface area (Å²) in [7, 11) is 2.15. The maximum atomic E-state index is 4.32. The number of aromatic nitrogens is 2. The lowest BCUT2D eigenvalue weighted by molar-refractivity contribution is 0.337. The fourth-order valence-corrected chi connectivity index (χ4v) is 2.70. The molecule has 1 aliphatic carbocycles. The predicted octanol–water partition coefficient (Wildman–Crippen LogP) is 2.22. The van der Waals surface area contributed by atoms with Crippen molar-refractivity contribution >= 4 is 5.82 Å². The molecule has 1 aromatic heterocycles. The van der Waals surface area contributed by atoms with Gasteiger partial charge in [-0.05, 0) is 44.7 Å². The van der Waals surface area contributed by atoms with Crippen LogP contribution in [-0.2, 0) is 0 Å². The molecule has 0 saturated heterocycles. The molecule has 0 aliphatic heterocycles. The first-order valence-corrected chi connectivity index (χ1v) is 7.03. The van der Waals surface area contributed by atoms with Gasteiger partial charge in [0.1, 0.15) is 12.1 Å². The van der Waals surface area contributed by atoms with Crippen LogP contribution in [0.25, 0.3) is 0 Å². The number of nitrogens with zero attached hydrogens (tertiary/aromatic N) is 3. The van der Waals surface area contributed by atoms with Crippen LogP contribution in [0.3, 0.4) is 0 Å². The van der Waals surface area contributed by atoms with Crippen LogP contribution in [0.5, 0.6) is 0 Å². The molecule has 0 radical (unpaired) electrons. The normalized spacial score (nSPS) is 23.9. The topological polar surface area (TPSA) is 41.0 Å². The Hall–Kier alpha value is -1.16. The molecule has 4 heteroatoms. The minimum atomic E-state index is 0.625. The highest BCUT2D eigenvalue weighted by molar-refractivity contribution is 5.36. The fraction of sp³-hybridized carbons (Fsp3) is 0.714. The third-order valence-corrected chi connectivity index (χ3v) is 3.86. The molecule has 18 heavy (non-hydrogen) atoms. The van der Waals surface area contributed by atoms with E-state index in [1.165, 1.54) is 32.1 Å². The Labute approximate surface area is 110 Å². The van der Waals surface area contributed by atoms with Crippen LogP contribution >= 0.6 is 0 Å². The van der Waals surface area contributed by atoms with E-state index in [4.69, 9.17) is 0 Å². The fourth-order valence-electron chi connectivity index (χ4n) is 2.70. The molecule has 0 atom stereocenters. The zero-order chi connectivity index (χ0) is 12.8. The molecular formula is C14H24N4. The van der Waals surface area contributed by atoms with Gasteiger partial charge in [0.25, 0.3) is 0 Å². The molecule has 1 N–H and O–H groups in total. The lowest BCUT2D eigenvalue weighted by Gasteiger charge is -2.35. The first-order valence-electron chi connectivity index (χ1n) is 7.03. The van der Waals surface area contributed by atoms with E-state index >= 15 is 0 Å². The van der Waals surface area contributed by atoms with Gasteiger partial charge in [0.05, 0.1) is 0 Å². The zero-order valence-electron chi connectivity index (χ0n) is 11.5. The minimum absolute atomic E-state index is 0.625. The predicted molar refractivity (Wildman–Crippen MR) is 74.8 cm³/mol. The van der Waals surface area contributed by atoms with E-state index in [2.05, 4.69) is 34.2 Å². The molecule has 0 aromatic carbocycles. The van der Waals surface area contributed by atoms with Crippen molar-refractivity contribution in [3.05, 3.63) is 18.6 Å². The monoisotopic (exact) mass is 248 g/mol. The molecule has 0 amide bonds. The van der Waals surface area contributed by atoms with Gasteiger partial charge in [-0.3, -0.25) is 0 Å². The Bertz CT molecular complexity index is 333. The van der Waals surface area contributed by atoms with E-state index in [0.717, 1.165) is 18.4 Å². The highest BCUT2D eigenvalue weighted by atomic mass is 15.2. The van der Waals surface area contributed by atoms with Crippen molar-refractivity contribution in [2.24, 2.45) is 0 Å². The largest absolute Gasteiger partial charge is 0.357 e. The van der Waals surface area contributed by atoms with Crippen molar-refractivity contribution in [1.82, 2.24) is 15.3 Å². The average Bonchev–Trinajstić information content (AvgIpc) is 2.46. The Kier molecular flexibility index (Phi) is 4.93. The van der Waals surface area contributed by atoms with E-state index in [1.54, 1.807) is 6.33 Å². The van der Waals surface area contributed by atoms with Crippen molar-refractivity contribution < 1.29 is 0 Å². The lowest BCUT2D eigenvalue weighted by atomic mass is 9.90. The van der Waals surface area contributed by atoms with Crippen molar-refractivity contribution in [1.29, 1.82) is 0 Å². The quantitative estimate of drug-likeness (QED) is 0.867. The van der Waals surface area contributed by atoms with Crippen LogP contribution in [0.4, 0.5) is 5.82 Å². The second-order valence-corrected chi connectivity index (χ2v) is 5.14. The van der Waals surface area contributed by atoms with Crippen molar-refractivity contribution in [3.63, 3.8) is 0 Å². The van der Waals surface area contributed by atoms with Gasteiger partial charge in [-0.15, -0.1) is 0 Å². The zero-order valence-corrected chi connectivity index (χ0v) is 11.5. The van der Waals surface area contributed by atoms with Gasteiger partial charge in [0.15, 0.2) is 0 Å². The minimum Gasteiger partial charge on any atom is -0.357 e. The number of hydrogen-bond acceptors (Lipinski definition) is 4. The van der Waals surface area contributed by atoms with E-state index in [1.807, 2.05) is 12.3 Å². The molecule has 1 aliphatic rings. The molecule has 2 rings (SSSR count). The van der Waals surface area contributed by atoms with Gasteiger partial charge in [0, 0.05) is 25.3 Å². The molecule has 0 spiro atoms. The summed E-state index contributed by atoms with van der Waals surface area (Å²) in [5, 5.41) is 3.63. The molecule has 1 aromatic rings. The Morgan fingerprint density at radius 3 is 2.72 bits per heavy atom. The number of rotatable bonds is 5. The Morgan fingerprint density at radius 1 is 1.33 bits per heavy atom.